The molecule has 21 heavy (non-hydrogen) atoms. The van der Waals surface area contributed by atoms with Crippen LogP contribution in [0.15, 0.2) is 6.33 Å². The van der Waals surface area contributed by atoms with Gasteiger partial charge in [-0.1, -0.05) is 13.8 Å². The summed E-state index contributed by atoms with van der Waals surface area (Å²) >= 11 is 0. The van der Waals surface area contributed by atoms with Crippen LogP contribution in [0.4, 0.5) is 0 Å². The van der Waals surface area contributed by atoms with Crippen molar-refractivity contribution in [2.75, 3.05) is 19.6 Å². The molecule has 1 aromatic heterocycles. The van der Waals surface area contributed by atoms with E-state index in [0.717, 1.165) is 18.8 Å². The fourth-order valence-electron chi connectivity index (χ4n) is 2.83. The zero-order valence-corrected chi connectivity index (χ0v) is 13.4. The van der Waals surface area contributed by atoms with E-state index in [1.165, 1.54) is 32.3 Å². The first-order chi connectivity index (χ1) is 10.1. The Morgan fingerprint density at radius 3 is 2.67 bits per heavy atom. The van der Waals surface area contributed by atoms with E-state index in [9.17, 15) is 4.79 Å². The van der Waals surface area contributed by atoms with Gasteiger partial charge in [-0.05, 0) is 44.8 Å². The maximum Gasteiger partial charge on any atom is 0.220 e. The molecule has 0 spiro atoms. The van der Waals surface area contributed by atoms with Gasteiger partial charge in [0, 0.05) is 13.5 Å². The summed E-state index contributed by atoms with van der Waals surface area (Å²) in [4.78, 5) is 18.9. The number of amides is 1. The maximum atomic E-state index is 12.2. The van der Waals surface area contributed by atoms with Crippen molar-refractivity contribution in [1.82, 2.24) is 25.0 Å². The molecule has 2 rings (SSSR count). The number of aromatic nitrogens is 3. The summed E-state index contributed by atoms with van der Waals surface area (Å²) in [7, 11) is 1.86. The molecule has 0 aromatic carbocycles. The predicted octanol–water partition coefficient (Wildman–Crippen LogP) is 1.50. The fourth-order valence-corrected chi connectivity index (χ4v) is 2.83. The minimum atomic E-state index is -0.0724. The minimum Gasteiger partial charge on any atom is -0.346 e. The first-order valence-corrected chi connectivity index (χ1v) is 7.93. The second kappa shape index (κ2) is 7.54. The molecule has 6 heteroatoms. The van der Waals surface area contributed by atoms with Crippen LogP contribution in [0.25, 0.3) is 0 Å². The lowest BCUT2D eigenvalue weighted by atomic mass is 10.0. The van der Waals surface area contributed by atoms with Crippen LogP contribution in [0.2, 0.25) is 0 Å². The van der Waals surface area contributed by atoms with Crippen molar-refractivity contribution in [2.24, 2.45) is 13.0 Å². The molecule has 0 bridgehead atoms. The Morgan fingerprint density at radius 1 is 1.38 bits per heavy atom. The highest BCUT2D eigenvalue weighted by Crippen LogP contribution is 2.19. The number of likely N-dealkylation sites (tertiary alicyclic amines) is 1. The van der Waals surface area contributed by atoms with Crippen LogP contribution >= 0.6 is 0 Å². The Hall–Kier alpha value is -1.43. The van der Waals surface area contributed by atoms with Gasteiger partial charge in [0.2, 0.25) is 5.91 Å². The molecular formula is C15H27N5O. The number of carbonyl (C=O) groups excluding carboxylic acids is 1. The van der Waals surface area contributed by atoms with Crippen LogP contribution in [0, 0.1) is 5.92 Å². The number of nitrogens with zero attached hydrogens (tertiary/aromatic N) is 4. The highest BCUT2D eigenvalue weighted by Gasteiger charge is 2.22. The molecule has 0 radical (unpaired) electrons. The molecule has 1 fully saturated rings. The molecule has 118 valence electrons. The van der Waals surface area contributed by atoms with Crippen molar-refractivity contribution >= 4 is 5.91 Å². The third kappa shape index (κ3) is 4.52. The van der Waals surface area contributed by atoms with Crippen molar-refractivity contribution in [3.63, 3.8) is 0 Å². The molecule has 0 saturated carbocycles. The zero-order chi connectivity index (χ0) is 15.2. The predicted molar refractivity (Wildman–Crippen MR) is 81.6 cm³/mol. The van der Waals surface area contributed by atoms with Gasteiger partial charge in [0.25, 0.3) is 0 Å². The van der Waals surface area contributed by atoms with Gasteiger partial charge < -0.3 is 10.2 Å². The number of aryl methyl sites for hydroxylation is 1. The lowest BCUT2D eigenvalue weighted by Crippen LogP contribution is -2.34. The molecular weight excluding hydrogens is 266 g/mol. The van der Waals surface area contributed by atoms with Gasteiger partial charge in [-0.2, -0.15) is 5.10 Å². The van der Waals surface area contributed by atoms with Crippen LogP contribution < -0.4 is 5.32 Å². The Labute approximate surface area is 126 Å². The SMILES string of the molecule is CC(C)C(NC(=O)CCCN1CCCC1)c1ncnn1C. The first kappa shape index (κ1) is 15.9. The van der Waals surface area contributed by atoms with Crippen LogP contribution in [-0.2, 0) is 11.8 Å². The van der Waals surface area contributed by atoms with Crippen molar-refractivity contribution in [2.45, 2.75) is 45.6 Å². The van der Waals surface area contributed by atoms with E-state index in [-0.39, 0.29) is 17.9 Å². The maximum absolute atomic E-state index is 12.2. The largest absolute Gasteiger partial charge is 0.346 e. The molecule has 6 nitrogen and oxygen atoms in total. The van der Waals surface area contributed by atoms with E-state index in [1.807, 2.05) is 7.05 Å². The van der Waals surface area contributed by atoms with Gasteiger partial charge in [-0.25, -0.2) is 4.98 Å². The Morgan fingerprint density at radius 2 is 2.10 bits per heavy atom. The Balaban J connectivity index is 1.80. The van der Waals surface area contributed by atoms with Crippen LogP contribution in [0.5, 0.6) is 0 Å². The van der Waals surface area contributed by atoms with E-state index in [4.69, 9.17) is 0 Å². The fraction of sp³-hybridized carbons (Fsp3) is 0.800. The Bertz CT molecular complexity index is 451. The first-order valence-electron chi connectivity index (χ1n) is 7.93. The smallest absolute Gasteiger partial charge is 0.220 e. The van der Waals surface area contributed by atoms with Crippen LogP contribution in [0.3, 0.4) is 0 Å². The number of hydrogen-bond acceptors (Lipinski definition) is 4. The summed E-state index contributed by atoms with van der Waals surface area (Å²) in [6.45, 7) is 7.59. The van der Waals surface area contributed by atoms with Gasteiger partial charge in [0.05, 0.1) is 6.04 Å². The van der Waals surface area contributed by atoms with E-state index in [2.05, 4.69) is 34.1 Å². The average Bonchev–Trinajstić information content (AvgIpc) is 3.07. The monoisotopic (exact) mass is 293 g/mol. The number of hydrogen-bond donors (Lipinski definition) is 1. The second-order valence-electron chi connectivity index (χ2n) is 6.18. The molecule has 1 aromatic rings. The van der Waals surface area contributed by atoms with Gasteiger partial charge in [0.15, 0.2) is 0 Å². The topological polar surface area (TPSA) is 63.1 Å². The molecule has 2 heterocycles. The third-order valence-electron chi connectivity index (χ3n) is 4.08. The summed E-state index contributed by atoms with van der Waals surface area (Å²) in [5.41, 5.74) is 0. The van der Waals surface area contributed by atoms with Crippen LogP contribution in [0.1, 0.15) is 51.4 Å². The molecule has 1 aliphatic heterocycles. The molecule has 1 saturated heterocycles. The third-order valence-corrected chi connectivity index (χ3v) is 4.08. The van der Waals surface area contributed by atoms with Gasteiger partial charge in [-0.3, -0.25) is 9.48 Å². The molecule has 1 aliphatic rings. The summed E-state index contributed by atoms with van der Waals surface area (Å²) in [5, 5.41) is 7.19. The van der Waals surface area contributed by atoms with E-state index in [0.29, 0.717) is 6.42 Å². The standard InChI is InChI=1S/C15H27N5O/c1-12(2)14(15-16-11-17-19(15)3)18-13(21)7-6-10-20-8-4-5-9-20/h11-12,14H,4-10H2,1-3H3,(H,18,21). The van der Waals surface area contributed by atoms with Crippen LogP contribution in [-0.4, -0.2) is 45.2 Å². The molecule has 1 atom stereocenters. The lowest BCUT2D eigenvalue weighted by molar-refractivity contribution is -0.122. The van der Waals surface area contributed by atoms with E-state index >= 15 is 0 Å². The molecule has 1 N–H and O–H groups in total. The van der Waals surface area contributed by atoms with Gasteiger partial charge in [0.1, 0.15) is 12.2 Å². The van der Waals surface area contributed by atoms with Crippen molar-refractivity contribution in [1.29, 1.82) is 0 Å². The highest BCUT2D eigenvalue weighted by atomic mass is 16.1. The molecule has 1 amide bonds. The average molecular weight is 293 g/mol. The van der Waals surface area contributed by atoms with E-state index < -0.39 is 0 Å². The minimum absolute atomic E-state index is 0.0724. The summed E-state index contributed by atoms with van der Waals surface area (Å²) in [6.07, 6.45) is 5.64. The van der Waals surface area contributed by atoms with Gasteiger partial charge >= 0.3 is 0 Å². The summed E-state index contributed by atoms with van der Waals surface area (Å²) in [6, 6.07) is -0.0724. The van der Waals surface area contributed by atoms with Crippen molar-refractivity contribution in [3.8, 4) is 0 Å². The lowest BCUT2D eigenvalue weighted by Gasteiger charge is -2.21. The van der Waals surface area contributed by atoms with E-state index in [1.54, 1.807) is 4.68 Å². The number of carbonyl (C=O) groups is 1. The Kier molecular flexibility index (Phi) is 5.73. The number of rotatable bonds is 7. The van der Waals surface area contributed by atoms with Crippen molar-refractivity contribution < 1.29 is 4.79 Å². The summed E-state index contributed by atoms with van der Waals surface area (Å²) < 4.78 is 1.73. The van der Waals surface area contributed by atoms with Gasteiger partial charge in [-0.15, -0.1) is 0 Å². The molecule has 1 unspecified atom stereocenters. The van der Waals surface area contributed by atoms with Crippen molar-refractivity contribution in [3.05, 3.63) is 12.2 Å². The molecule has 0 aliphatic carbocycles. The number of nitrogens with one attached hydrogen (secondary N) is 1. The second-order valence-corrected chi connectivity index (χ2v) is 6.18. The zero-order valence-electron chi connectivity index (χ0n) is 13.4. The summed E-state index contributed by atoms with van der Waals surface area (Å²) in [5.74, 6) is 1.21. The normalized spacial score (nSPS) is 17.3. The highest BCUT2D eigenvalue weighted by molar-refractivity contribution is 5.76. The quantitative estimate of drug-likeness (QED) is 0.827.